The van der Waals surface area contributed by atoms with E-state index in [1.54, 1.807) is 12.4 Å². The minimum atomic E-state index is 0.238. The topological polar surface area (TPSA) is 105 Å². The summed E-state index contributed by atoms with van der Waals surface area (Å²) in [5.41, 5.74) is 9.00. The summed E-state index contributed by atoms with van der Waals surface area (Å²) < 4.78 is 5.63. The van der Waals surface area contributed by atoms with Gasteiger partial charge in [-0.15, -0.1) is 0 Å². The highest BCUT2D eigenvalue weighted by atomic mass is 16.5. The Morgan fingerprint density at radius 2 is 2.10 bits per heavy atom. The van der Waals surface area contributed by atoms with Gasteiger partial charge in [0, 0.05) is 49.7 Å². The minimum Gasteiger partial charge on any atom is -0.377 e. The van der Waals surface area contributed by atoms with Crippen molar-refractivity contribution in [2.24, 2.45) is 5.92 Å². The van der Waals surface area contributed by atoms with Crippen molar-refractivity contribution in [1.29, 1.82) is 0 Å². The second kappa shape index (κ2) is 6.24. The van der Waals surface area contributed by atoms with Crippen molar-refractivity contribution < 1.29 is 4.74 Å². The summed E-state index contributed by atoms with van der Waals surface area (Å²) in [6.07, 6.45) is 5.75. The molecule has 9 heteroatoms. The van der Waals surface area contributed by atoms with E-state index in [0.717, 1.165) is 61.5 Å². The summed E-state index contributed by atoms with van der Waals surface area (Å²) in [6.45, 7) is 7.51. The van der Waals surface area contributed by atoms with Crippen molar-refractivity contribution in [3.63, 3.8) is 0 Å². The highest BCUT2D eigenvalue weighted by Gasteiger charge is 2.62. The Hall–Kier alpha value is -2.52. The Bertz CT molecular complexity index is 950. The largest absolute Gasteiger partial charge is 0.377 e. The number of hydrogen-bond donors (Lipinski definition) is 2. The zero-order chi connectivity index (χ0) is 19.6. The number of nitrogen functional groups attached to an aromatic ring is 1. The summed E-state index contributed by atoms with van der Waals surface area (Å²) in [5, 5.41) is 3.56. The van der Waals surface area contributed by atoms with E-state index in [4.69, 9.17) is 20.4 Å². The van der Waals surface area contributed by atoms with Gasteiger partial charge in [-0.05, 0) is 25.7 Å². The molecule has 3 atom stereocenters. The number of nitrogens with zero attached hydrogens (tertiary/aromatic N) is 6. The predicted octanol–water partition coefficient (Wildman–Crippen LogP) is 0.465. The Labute approximate surface area is 169 Å². The van der Waals surface area contributed by atoms with E-state index in [-0.39, 0.29) is 17.5 Å². The van der Waals surface area contributed by atoms with Crippen LogP contribution < -0.4 is 20.9 Å². The van der Waals surface area contributed by atoms with Crippen LogP contribution in [0.2, 0.25) is 0 Å². The summed E-state index contributed by atoms with van der Waals surface area (Å²) in [6, 6.07) is 0.243. The molecule has 0 bridgehead atoms. The van der Waals surface area contributed by atoms with E-state index in [0.29, 0.717) is 13.2 Å². The van der Waals surface area contributed by atoms with Crippen LogP contribution in [0.1, 0.15) is 18.9 Å². The van der Waals surface area contributed by atoms with Crippen molar-refractivity contribution >= 4 is 17.7 Å². The number of nitrogens with two attached hydrogens (primary N) is 1. The number of aromatic nitrogens is 4. The van der Waals surface area contributed by atoms with Gasteiger partial charge in [0.2, 0.25) is 11.9 Å². The first-order chi connectivity index (χ1) is 14.2. The van der Waals surface area contributed by atoms with E-state index in [2.05, 4.69) is 32.0 Å². The Kier molecular flexibility index (Phi) is 3.73. The third-order valence-electron chi connectivity index (χ3n) is 6.94. The molecule has 9 nitrogen and oxygen atoms in total. The molecule has 2 aromatic rings. The molecular weight excluding hydrogens is 368 g/mol. The minimum absolute atomic E-state index is 0.238. The molecule has 3 N–H and O–H groups in total. The molecule has 0 unspecified atom stereocenters. The first-order valence-corrected chi connectivity index (χ1v) is 10.5. The molecule has 0 spiro atoms. The van der Waals surface area contributed by atoms with Crippen LogP contribution in [0.5, 0.6) is 0 Å². The van der Waals surface area contributed by atoms with E-state index >= 15 is 0 Å². The zero-order valence-corrected chi connectivity index (χ0v) is 16.6. The molecule has 5 heterocycles. The number of nitrogens with one attached hydrogen (secondary N) is 1. The molecule has 152 valence electrons. The smallest absolute Gasteiger partial charge is 0.228 e. The van der Waals surface area contributed by atoms with Gasteiger partial charge in [0.1, 0.15) is 5.82 Å². The molecule has 3 aliphatic heterocycles. The van der Waals surface area contributed by atoms with Crippen LogP contribution in [-0.4, -0.2) is 70.9 Å². The molecule has 3 fully saturated rings. The Morgan fingerprint density at radius 3 is 2.83 bits per heavy atom. The molecule has 6 rings (SSSR count). The normalized spacial score (nSPS) is 30.4. The van der Waals surface area contributed by atoms with Crippen molar-refractivity contribution in [2.75, 3.05) is 54.9 Å². The molecule has 0 aromatic carbocycles. The lowest BCUT2D eigenvalue weighted by Crippen LogP contribution is -2.45. The van der Waals surface area contributed by atoms with Crippen LogP contribution >= 0.6 is 0 Å². The third-order valence-corrected chi connectivity index (χ3v) is 6.94. The Morgan fingerprint density at radius 1 is 1.24 bits per heavy atom. The molecule has 29 heavy (non-hydrogen) atoms. The van der Waals surface area contributed by atoms with Crippen molar-refractivity contribution in [2.45, 2.75) is 31.3 Å². The van der Waals surface area contributed by atoms with Crippen molar-refractivity contribution in [3.05, 3.63) is 18.0 Å². The number of morpholine rings is 1. The maximum atomic E-state index is 5.72. The molecule has 2 saturated heterocycles. The average Bonchev–Trinajstić information content (AvgIpc) is 3.08. The summed E-state index contributed by atoms with van der Waals surface area (Å²) in [4.78, 5) is 23.4. The van der Waals surface area contributed by atoms with Crippen LogP contribution in [0.15, 0.2) is 12.4 Å². The van der Waals surface area contributed by atoms with Gasteiger partial charge >= 0.3 is 0 Å². The summed E-state index contributed by atoms with van der Waals surface area (Å²) in [5.74, 6) is 2.88. The molecule has 1 saturated carbocycles. The first kappa shape index (κ1) is 17.3. The van der Waals surface area contributed by atoms with Crippen LogP contribution in [-0.2, 0) is 11.2 Å². The number of piperidine rings is 1. The van der Waals surface area contributed by atoms with Gasteiger partial charge in [-0.2, -0.15) is 4.98 Å². The monoisotopic (exact) mass is 394 g/mol. The summed E-state index contributed by atoms with van der Waals surface area (Å²) >= 11 is 0. The SMILES string of the molecule is C[C@H]1COCCN1c1nc(-c2cnc(N)nc2)c2c(n1)N([C@]13CNC[C@H]1C3)CC2. The standard InChI is InChI=1S/C20H26N8O/c1-12-10-29-5-4-27(12)19-25-16(13-7-23-18(21)24-8-13)15-2-3-28(17(15)26-19)20-6-14(20)9-22-11-20/h7-8,12,14,22H,2-6,9-11H2,1H3,(H2,21,23,24)/t12-,14+,20+/m0/s1. The van der Waals surface area contributed by atoms with Crippen LogP contribution in [0.4, 0.5) is 17.7 Å². The van der Waals surface area contributed by atoms with E-state index in [9.17, 15) is 0 Å². The van der Waals surface area contributed by atoms with Gasteiger partial charge in [-0.3, -0.25) is 0 Å². The number of fused-ring (bicyclic) bond motifs is 2. The van der Waals surface area contributed by atoms with Gasteiger partial charge in [0.05, 0.1) is 30.5 Å². The predicted molar refractivity (Wildman–Crippen MR) is 110 cm³/mol. The van der Waals surface area contributed by atoms with Gasteiger partial charge in [-0.25, -0.2) is 15.0 Å². The lowest BCUT2D eigenvalue weighted by atomic mass is 10.1. The zero-order valence-electron chi connectivity index (χ0n) is 16.6. The maximum absolute atomic E-state index is 5.72. The number of rotatable bonds is 3. The number of anilines is 3. The molecule has 4 aliphatic rings. The van der Waals surface area contributed by atoms with Gasteiger partial charge < -0.3 is 25.6 Å². The first-order valence-electron chi connectivity index (χ1n) is 10.5. The second-order valence-electron chi connectivity index (χ2n) is 8.66. The fraction of sp³-hybridized carbons (Fsp3) is 0.600. The lowest BCUT2D eigenvalue weighted by Gasteiger charge is -2.34. The van der Waals surface area contributed by atoms with E-state index < -0.39 is 0 Å². The lowest BCUT2D eigenvalue weighted by molar-refractivity contribution is 0.0981. The van der Waals surface area contributed by atoms with Gasteiger partial charge in [0.15, 0.2) is 0 Å². The van der Waals surface area contributed by atoms with Crippen molar-refractivity contribution in [1.82, 2.24) is 25.3 Å². The highest BCUT2D eigenvalue weighted by molar-refractivity contribution is 5.73. The number of hydrogen-bond acceptors (Lipinski definition) is 9. The molecule has 0 amide bonds. The summed E-state index contributed by atoms with van der Waals surface area (Å²) in [7, 11) is 0. The van der Waals surface area contributed by atoms with Crippen LogP contribution in [0.25, 0.3) is 11.3 Å². The second-order valence-corrected chi connectivity index (χ2v) is 8.66. The maximum Gasteiger partial charge on any atom is 0.228 e. The molecule has 2 aromatic heterocycles. The fourth-order valence-corrected chi connectivity index (χ4v) is 5.26. The fourth-order valence-electron chi connectivity index (χ4n) is 5.26. The highest BCUT2D eigenvalue weighted by Crippen LogP contribution is 2.54. The van der Waals surface area contributed by atoms with Gasteiger partial charge in [0.25, 0.3) is 0 Å². The molecule has 1 aliphatic carbocycles. The third kappa shape index (κ3) is 2.60. The van der Waals surface area contributed by atoms with E-state index in [1.165, 1.54) is 12.0 Å². The van der Waals surface area contributed by atoms with Gasteiger partial charge in [-0.1, -0.05) is 0 Å². The number of ether oxygens (including phenoxy) is 1. The van der Waals surface area contributed by atoms with Crippen LogP contribution in [0.3, 0.4) is 0 Å². The molecule has 0 radical (unpaired) electrons. The van der Waals surface area contributed by atoms with Crippen molar-refractivity contribution in [3.8, 4) is 11.3 Å². The van der Waals surface area contributed by atoms with Crippen LogP contribution in [0, 0.1) is 5.92 Å². The average molecular weight is 394 g/mol. The quantitative estimate of drug-likeness (QED) is 0.768. The molecular formula is C20H26N8O. The Balaban J connectivity index is 1.48. The van der Waals surface area contributed by atoms with E-state index in [1.807, 2.05) is 0 Å².